The lowest BCUT2D eigenvalue weighted by atomic mass is 10.3. The van der Waals surface area contributed by atoms with E-state index in [1.54, 1.807) is 13.0 Å². The zero-order chi connectivity index (χ0) is 12.7. The number of ether oxygens (including phenoxy) is 1. The Morgan fingerprint density at radius 2 is 2.18 bits per heavy atom. The largest absolute Gasteiger partial charge is 0.466 e. The van der Waals surface area contributed by atoms with Crippen LogP contribution in [0.5, 0.6) is 0 Å². The number of rotatable bonds is 6. The minimum Gasteiger partial charge on any atom is -0.466 e. The lowest BCUT2D eigenvalue weighted by molar-refractivity contribution is -0.142. The third-order valence-corrected chi connectivity index (χ3v) is 1.86. The summed E-state index contributed by atoms with van der Waals surface area (Å²) in [6, 6.07) is 3.03. The summed E-state index contributed by atoms with van der Waals surface area (Å²) in [6.45, 7) is 2.51. The van der Waals surface area contributed by atoms with Crippen LogP contribution in [0, 0.1) is 0 Å². The Bertz CT molecular complexity index is 391. The van der Waals surface area contributed by atoms with E-state index in [2.05, 4.69) is 15.5 Å². The van der Waals surface area contributed by atoms with Gasteiger partial charge in [0, 0.05) is 6.54 Å². The summed E-state index contributed by atoms with van der Waals surface area (Å²) < 4.78 is 4.75. The van der Waals surface area contributed by atoms with E-state index in [1.165, 1.54) is 6.07 Å². The summed E-state index contributed by atoms with van der Waals surface area (Å²) in [6.07, 6.45) is 0.243. The lowest BCUT2D eigenvalue weighted by Crippen LogP contribution is -2.15. The maximum atomic E-state index is 11.0. The van der Waals surface area contributed by atoms with Gasteiger partial charge < -0.3 is 15.8 Å². The molecule has 1 aromatic rings. The Labute approximate surface area is 98.4 Å². The normalized spacial score (nSPS) is 9.71. The fourth-order valence-electron chi connectivity index (χ4n) is 1.08. The number of nitrogens with zero attached hydrogens (tertiary/aromatic N) is 2. The molecule has 0 unspecified atom stereocenters. The number of hydrogen-bond donors (Lipinski definition) is 2. The second-order valence-corrected chi connectivity index (χ2v) is 3.15. The van der Waals surface area contributed by atoms with E-state index in [0.29, 0.717) is 19.0 Å². The maximum absolute atomic E-state index is 11.0. The van der Waals surface area contributed by atoms with E-state index in [1.807, 2.05) is 0 Å². The highest BCUT2D eigenvalue weighted by atomic mass is 16.5. The molecule has 17 heavy (non-hydrogen) atoms. The number of anilines is 1. The number of hydrogen-bond acceptors (Lipinski definition) is 6. The van der Waals surface area contributed by atoms with Gasteiger partial charge in [-0.1, -0.05) is 0 Å². The van der Waals surface area contributed by atoms with Crippen molar-refractivity contribution in [1.82, 2.24) is 10.2 Å². The molecule has 0 spiro atoms. The van der Waals surface area contributed by atoms with Crippen molar-refractivity contribution in [3.8, 4) is 0 Å². The van der Waals surface area contributed by atoms with Gasteiger partial charge in [0.15, 0.2) is 5.69 Å². The van der Waals surface area contributed by atoms with Crippen LogP contribution in [0.4, 0.5) is 5.82 Å². The minimum absolute atomic E-state index is 0.0981. The first kappa shape index (κ1) is 12.9. The topological polar surface area (TPSA) is 107 Å². The second-order valence-electron chi connectivity index (χ2n) is 3.15. The van der Waals surface area contributed by atoms with Gasteiger partial charge in [0.1, 0.15) is 5.82 Å². The highest BCUT2D eigenvalue weighted by Crippen LogP contribution is 2.01. The zero-order valence-electron chi connectivity index (χ0n) is 9.47. The second kappa shape index (κ2) is 6.41. The molecule has 1 aromatic heterocycles. The van der Waals surface area contributed by atoms with Gasteiger partial charge in [0.2, 0.25) is 0 Å². The number of nitrogens with one attached hydrogen (secondary N) is 1. The van der Waals surface area contributed by atoms with Crippen molar-refractivity contribution >= 4 is 17.7 Å². The Balaban J connectivity index is 2.37. The minimum atomic E-state index is -0.629. The molecule has 7 nitrogen and oxygen atoms in total. The van der Waals surface area contributed by atoms with Gasteiger partial charge in [0.25, 0.3) is 5.91 Å². The van der Waals surface area contributed by atoms with Crippen LogP contribution in [0.15, 0.2) is 12.1 Å². The average Bonchev–Trinajstić information content (AvgIpc) is 2.30. The molecule has 0 aliphatic carbocycles. The van der Waals surface area contributed by atoms with Crippen molar-refractivity contribution in [2.75, 3.05) is 18.5 Å². The smallest absolute Gasteiger partial charge is 0.307 e. The van der Waals surface area contributed by atoms with Crippen LogP contribution in [0.3, 0.4) is 0 Å². The number of esters is 1. The van der Waals surface area contributed by atoms with Crippen LogP contribution in [0.1, 0.15) is 23.8 Å². The molecular formula is C10H14N4O3. The number of nitrogens with two attached hydrogens (primary N) is 1. The molecule has 7 heteroatoms. The van der Waals surface area contributed by atoms with Crippen molar-refractivity contribution in [2.45, 2.75) is 13.3 Å². The summed E-state index contributed by atoms with van der Waals surface area (Å²) in [5.41, 5.74) is 5.11. The third-order valence-electron chi connectivity index (χ3n) is 1.86. The summed E-state index contributed by atoms with van der Waals surface area (Å²) in [7, 11) is 0. The standard InChI is InChI=1S/C10H14N4O3/c1-2-17-9(15)5-6-12-8-4-3-7(10(11)16)13-14-8/h3-4H,2,5-6H2,1H3,(H2,11,16)(H,12,14). The predicted molar refractivity (Wildman–Crippen MR) is 60.3 cm³/mol. The Kier molecular flexibility index (Phi) is 4.86. The monoisotopic (exact) mass is 238 g/mol. The van der Waals surface area contributed by atoms with Crippen LogP contribution in [0.2, 0.25) is 0 Å². The zero-order valence-corrected chi connectivity index (χ0v) is 9.47. The number of carbonyl (C=O) groups excluding carboxylic acids is 2. The molecule has 0 fully saturated rings. The van der Waals surface area contributed by atoms with E-state index in [4.69, 9.17) is 10.5 Å². The van der Waals surface area contributed by atoms with Gasteiger partial charge >= 0.3 is 5.97 Å². The van der Waals surface area contributed by atoms with E-state index < -0.39 is 5.91 Å². The molecule has 0 saturated carbocycles. The summed E-state index contributed by atoms with van der Waals surface area (Å²) in [5, 5.41) is 10.2. The first-order valence-corrected chi connectivity index (χ1v) is 5.16. The summed E-state index contributed by atoms with van der Waals surface area (Å²) in [4.78, 5) is 21.7. The van der Waals surface area contributed by atoms with Crippen LogP contribution < -0.4 is 11.1 Å². The SMILES string of the molecule is CCOC(=O)CCNc1ccc(C(N)=O)nn1. The lowest BCUT2D eigenvalue weighted by Gasteiger charge is -2.04. The van der Waals surface area contributed by atoms with Gasteiger partial charge in [-0.3, -0.25) is 9.59 Å². The molecule has 0 aliphatic rings. The molecule has 0 bridgehead atoms. The van der Waals surface area contributed by atoms with E-state index in [9.17, 15) is 9.59 Å². The van der Waals surface area contributed by atoms with Crippen LogP contribution in [-0.4, -0.2) is 35.2 Å². The van der Waals surface area contributed by atoms with Crippen molar-refractivity contribution in [3.63, 3.8) is 0 Å². The molecule has 0 aromatic carbocycles. The quantitative estimate of drug-likeness (QED) is 0.672. The number of amides is 1. The van der Waals surface area contributed by atoms with Crippen molar-refractivity contribution in [1.29, 1.82) is 0 Å². The molecule has 1 amide bonds. The highest BCUT2D eigenvalue weighted by Gasteiger charge is 2.04. The third kappa shape index (κ3) is 4.45. The first-order chi connectivity index (χ1) is 8.13. The predicted octanol–water partition coefficient (Wildman–Crippen LogP) is -0.0594. The van der Waals surface area contributed by atoms with Crippen LogP contribution >= 0.6 is 0 Å². The van der Waals surface area contributed by atoms with E-state index in [0.717, 1.165) is 0 Å². The molecular weight excluding hydrogens is 224 g/mol. The average molecular weight is 238 g/mol. The molecule has 1 rings (SSSR count). The van der Waals surface area contributed by atoms with Crippen molar-refractivity contribution < 1.29 is 14.3 Å². The highest BCUT2D eigenvalue weighted by molar-refractivity contribution is 5.90. The molecule has 0 radical (unpaired) electrons. The molecule has 92 valence electrons. The van der Waals surface area contributed by atoms with E-state index in [-0.39, 0.29) is 18.1 Å². The Hall–Kier alpha value is -2.18. The van der Waals surface area contributed by atoms with Gasteiger partial charge in [-0.15, -0.1) is 10.2 Å². The fourth-order valence-corrected chi connectivity index (χ4v) is 1.08. The van der Waals surface area contributed by atoms with E-state index >= 15 is 0 Å². The van der Waals surface area contributed by atoms with Gasteiger partial charge in [-0.2, -0.15) is 0 Å². The number of primary amides is 1. The molecule has 3 N–H and O–H groups in total. The Morgan fingerprint density at radius 1 is 1.41 bits per heavy atom. The first-order valence-electron chi connectivity index (χ1n) is 5.16. The molecule has 1 heterocycles. The van der Waals surface area contributed by atoms with Crippen molar-refractivity contribution in [3.05, 3.63) is 17.8 Å². The van der Waals surface area contributed by atoms with Gasteiger partial charge in [-0.25, -0.2) is 0 Å². The van der Waals surface area contributed by atoms with Gasteiger partial charge in [0.05, 0.1) is 13.0 Å². The maximum Gasteiger partial charge on any atom is 0.307 e. The van der Waals surface area contributed by atoms with Crippen molar-refractivity contribution in [2.24, 2.45) is 5.73 Å². The van der Waals surface area contributed by atoms with Crippen LogP contribution in [-0.2, 0) is 9.53 Å². The molecule has 0 saturated heterocycles. The van der Waals surface area contributed by atoms with Gasteiger partial charge in [-0.05, 0) is 19.1 Å². The Morgan fingerprint density at radius 3 is 2.71 bits per heavy atom. The molecule has 0 atom stereocenters. The summed E-state index contributed by atoms with van der Waals surface area (Å²) >= 11 is 0. The number of aromatic nitrogens is 2. The van der Waals surface area contributed by atoms with Crippen LogP contribution in [0.25, 0.3) is 0 Å². The number of carbonyl (C=O) groups is 2. The fraction of sp³-hybridized carbons (Fsp3) is 0.400. The summed E-state index contributed by atoms with van der Waals surface area (Å²) in [5.74, 6) is -0.434. The molecule has 0 aliphatic heterocycles.